The van der Waals surface area contributed by atoms with Crippen molar-refractivity contribution in [1.29, 1.82) is 0 Å². The zero-order chi connectivity index (χ0) is 14.0. The van der Waals surface area contributed by atoms with Gasteiger partial charge in [0.2, 0.25) is 0 Å². The quantitative estimate of drug-likeness (QED) is 0.883. The summed E-state index contributed by atoms with van der Waals surface area (Å²) in [5.41, 5.74) is 2.02. The second-order valence-corrected chi connectivity index (χ2v) is 5.86. The molecule has 0 radical (unpaired) electrons. The molecule has 1 unspecified atom stereocenters. The summed E-state index contributed by atoms with van der Waals surface area (Å²) in [4.78, 5) is 0. The molecule has 1 heterocycles. The summed E-state index contributed by atoms with van der Waals surface area (Å²) >= 11 is 15.8. The lowest BCUT2D eigenvalue weighted by molar-refractivity contribution is 0.571. The van der Waals surface area contributed by atoms with Crippen LogP contribution in [-0.4, -0.2) is 16.3 Å². The van der Waals surface area contributed by atoms with Gasteiger partial charge in [-0.2, -0.15) is 5.10 Å². The molecule has 2 rings (SSSR count). The Hall–Kier alpha value is -0.550. The first-order chi connectivity index (χ1) is 9.04. The molecule has 2 aromatic rings. The fraction of sp³-hybridized carbons (Fsp3) is 0.308. The zero-order valence-corrected chi connectivity index (χ0v) is 13.7. The molecular formula is C13H14BrCl2N3. The van der Waals surface area contributed by atoms with Crippen molar-refractivity contribution in [1.82, 2.24) is 15.1 Å². The van der Waals surface area contributed by atoms with E-state index in [-0.39, 0.29) is 6.04 Å². The molecule has 1 aromatic carbocycles. The number of nitrogens with zero attached hydrogens (tertiary/aromatic N) is 2. The monoisotopic (exact) mass is 361 g/mol. The van der Waals surface area contributed by atoms with Crippen molar-refractivity contribution < 1.29 is 0 Å². The lowest BCUT2D eigenvalue weighted by Crippen LogP contribution is -2.25. The van der Waals surface area contributed by atoms with E-state index in [0.717, 1.165) is 22.3 Å². The Labute approximate surface area is 131 Å². The molecule has 0 saturated heterocycles. The third-order valence-electron chi connectivity index (χ3n) is 2.89. The van der Waals surface area contributed by atoms with E-state index in [9.17, 15) is 0 Å². The van der Waals surface area contributed by atoms with Crippen molar-refractivity contribution in [3.05, 3.63) is 50.2 Å². The summed E-state index contributed by atoms with van der Waals surface area (Å²) in [5.74, 6) is 0. The van der Waals surface area contributed by atoms with Crippen molar-refractivity contribution in [2.24, 2.45) is 7.05 Å². The molecule has 1 N–H and O–H groups in total. The van der Waals surface area contributed by atoms with Crippen LogP contribution in [0.25, 0.3) is 0 Å². The molecule has 0 aliphatic heterocycles. The highest BCUT2D eigenvalue weighted by molar-refractivity contribution is 9.10. The number of rotatable bonds is 4. The van der Waals surface area contributed by atoms with Gasteiger partial charge in [-0.3, -0.25) is 4.68 Å². The molecule has 6 heteroatoms. The van der Waals surface area contributed by atoms with Crippen molar-refractivity contribution >= 4 is 39.1 Å². The third kappa shape index (κ3) is 3.14. The highest BCUT2D eigenvalue weighted by Crippen LogP contribution is 2.33. The van der Waals surface area contributed by atoms with Crippen LogP contribution in [-0.2, 0) is 7.05 Å². The molecule has 3 nitrogen and oxygen atoms in total. The highest BCUT2D eigenvalue weighted by Gasteiger charge is 2.22. The van der Waals surface area contributed by atoms with Gasteiger partial charge in [0, 0.05) is 17.1 Å². The van der Waals surface area contributed by atoms with Crippen LogP contribution in [0.2, 0.25) is 10.0 Å². The summed E-state index contributed by atoms with van der Waals surface area (Å²) in [7, 11) is 1.91. The second kappa shape index (κ2) is 6.27. The van der Waals surface area contributed by atoms with Crippen LogP contribution in [0.15, 0.2) is 28.9 Å². The topological polar surface area (TPSA) is 29.9 Å². The Morgan fingerprint density at radius 2 is 2.16 bits per heavy atom. The molecule has 0 aliphatic rings. The molecular weight excluding hydrogens is 349 g/mol. The Morgan fingerprint density at radius 1 is 1.42 bits per heavy atom. The van der Waals surface area contributed by atoms with Gasteiger partial charge in [0.15, 0.2) is 0 Å². The fourth-order valence-corrected chi connectivity index (χ4v) is 3.13. The number of nitrogens with one attached hydrogen (secondary N) is 1. The van der Waals surface area contributed by atoms with Crippen LogP contribution in [0.5, 0.6) is 0 Å². The zero-order valence-electron chi connectivity index (χ0n) is 10.6. The van der Waals surface area contributed by atoms with E-state index in [1.807, 2.05) is 23.9 Å². The Kier molecular flexibility index (Phi) is 4.90. The molecule has 102 valence electrons. The molecule has 0 amide bonds. The van der Waals surface area contributed by atoms with E-state index < -0.39 is 0 Å². The lowest BCUT2D eigenvalue weighted by atomic mass is 10.0. The molecule has 0 bridgehead atoms. The number of aromatic nitrogens is 2. The van der Waals surface area contributed by atoms with E-state index in [1.54, 1.807) is 12.3 Å². The van der Waals surface area contributed by atoms with Gasteiger partial charge in [-0.05, 0) is 40.2 Å². The summed E-state index contributed by atoms with van der Waals surface area (Å²) in [6, 6.07) is 5.51. The van der Waals surface area contributed by atoms with Gasteiger partial charge >= 0.3 is 0 Å². The average molecular weight is 363 g/mol. The molecule has 1 atom stereocenters. The van der Waals surface area contributed by atoms with Crippen molar-refractivity contribution in [3.63, 3.8) is 0 Å². The number of aryl methyl sites for hydroxylation is 1. The molecule has 19 heavy (non-hydrogen) atoms. The van der Waals surface area contributed by atoms with Crippen LogP contribution < -0.4 is 5.32 Å². The second-order valence-electron chi connectivity index (χ2n) is 4.16. The van der Waals surface area contributed by atoms with Crippen LogP contribution in [0.3, 0.4) is 0 Å². The van der Waals surface area contributed by atoms with E-state index >= 15 is 0 Å². The molecule has 0 fully saturated rings. The van der Waals surface area contributed by atoms with Crippen LogP contribution in [0.1, 0.15) is 24.2 Å². The maximum Gasteiger partial charge on any atom is 0.0774 e. The van der Waals surface area contributed by atoms with E-state index in [1.165, 1.54) is 0 Å². The molecule has 0 aliphatic carbocycles. The average Bonchev–Trinajstić information content (AvgIpc) is 2.67. The minimum atomic E-state index is -0.0309. The number of benzene rings is 1. The predicted octanol–water partition coefficient (Wildman–Crippen LogP) is 4.19. The Balaban J connectivity index is 2.51. The summed E-state index contributed by atoms with van der Waals surface area (Å²) < 4.78 is 2.79. The number of hydrogen-bond donors (Lipinski definition) is 1. The van der Waals surface area contributed by atoms with Gasteiger partial charge < -0.3 is 5.32 Å². The van der Waals surface area contributed by atoms with Crippen LogP contribution in [0, 0.1) is 0 Å². The van der Waals surface area contributed by atoms with Gasteiger partial charge in [-0.15, -0.1) is 0 Å². The SMILES string of the molecule is CCNC(c1ccc(Cl)cc1Cl)c1c(Br)cnn1C. The van der Waals surface area contributed by atoms with Gasteiger partial charge in [-0.25, -0.2) is 0 Å². The maximum atomic E-state index is 6.31. The normalized spacial score (nSPS) is 12.7. The summed E-state index contributed by atoms with van der Waals surface area (Å²) in [6.07, 6.45) is 1.78. The first-order valence-electron chi connectivity index (χ1n) is 5.90. The van der Waals surface area contributed by atoms with Gasteiger partial charge in [0.05, 0.1) is 22.4 Å². The molecule has 1 aromatic heterocycles. The Bertz CT molecular complexity index is 564. The smallest absolute Gasteiger partial charge is 0.0774 e. The summed E-state index contributed by atoms with van der Waals surface area (Å²) in [5, 5.41) is 8.96. The number of hydrogen-bond acceptors (Lipinski definition) is 2. The van der Waals surface area contributed by atoms with Gasteiger partial charge in [0.1, 0.15) is 0 Å². The largest absolute Gasteiger partial charge is 0.305 e. The summed E-state index contributed by atoms with van der Waals surface area (Å²) in [6.45, 7) is 2.88. The highest BCUT2D eigenvalue weighted by atomic mass is 79.9. The number of halogens is 3. The first-order valence-corrected chi connectivity index (χ1v) is 7.45. The van der Waals surface area contributed by atoms with Gasteiger partial charge in [0.25, 0.3) is 0 Å². The van der Waals surface area contributed by atoms with E-state index in [0.29, 0.717) is 10.0 Å². The lowest BCUT2D eigenvalue weighted by Gasteiger charge is -2.20. The standard InChI is InChI=1S/C13H14BrCl2N3/c1-3-17-12(13-10(14)7-18-19(13)2)9-5-4-8(15)6-11(9)16/h4-7,12,17H,3H2,1-2H3. The van der Waals surface area contributed by atoms with Crippen molar-refractivity contribution in [2.45, 2.75) is 13.0 Å². The minimum absolute atomic E-state index is 0.0309. The van der Waals surface area contributed by atoms with Gasteiger partial charge in [-0.1, -0.05) is 36.2 Å². The maximum absolute atomic E-state index is 6.31. The minimum Gasteiger partial charge on any atom is -0.305 e. The predicted molar refractivity (Wildman–Crippen MR) is 82.9 cm³/mol. The van der Waals surface area contributed by atoms with E-state index in [4.69, 9.17) is 23.2 Å². The molecule has 0 saturated carbocycles. The van der Waals surface area contributed by atoms with Crippen molar-refractivity contribution in [3.8, 4) is 0 Å². The van der Waals surface area contributed by atoms with E-state index in [2.05, 4.69) is 33.3 Å². The van der Waals surface area contributed by atoms with Crippen LogP contribution >= 0.6 is 39.1 Å². The third-order valence-corrected chi connectivity index (χ3v) is 4.07. The Morgan fingerprint density at radius 3 is 2.68 bits per heavy atom. The van der Waals surface area contributed by atoms with Crippen LogP contribution in [0.4, 0.5) is 0 Å². The fourth-order valence-electron chi connectivity index (χ4n) is 2.04. The first kappa shape index (κ1) is 14.9. The van der Waals surface area contributed by atoms with Crippen molar-refractivity contribution in [2.75, 3.05) is 6.54 Å². The molecule has 0 spiro atoms.